The maximum atomic E-state index is 12.8. The van der Waals surface area contributed by atoms with Crippen LogP contribution in [0, 0.1) is 0 Å². The monoisotopic (exact) mass is 385 g/mol. The summed E-state index contributed by atoms with van der Waals surface area (Å²) in [5.41, 5.74) is 1.19. The van der Waals surface area contributed by atoms with Gasteiger partial charge >= 0.3 is 0 Å². The van der Waals surface area contributed by atoms with Crippen LogP contribution in [0.1, 0.15) is 23.8 Å². The molecule has 0 bridgehead atoms. The molecule has 1 amide bonds. The first kappa shape index (κ1) is 18.3. The van der Waals surface area contributed by atoms with Crippen molar-refractivity contribution in [3.63, 3.8) is 0 Å². The van der Waals surface area contributed by atoms with Crippen molar-refractivity contribution >= 4 is 22.9 Å². The van der Waals surface area contributed by atoms with Gasteiger partial charge in [0, 0.05) is 42.8 Å². The number of rotatable bonds is 5. The number of carbonyl (C=O) groups is 1. The molecule has 0 radical (unpaired) electrons. The van der Waals surface area contributed by atoms with Crippen molar-refractivity contribution in [2.45, 2.75) is 18.9 Å². The summed E-state index contributed by atoms with van der Waals surface area (Å²) < 4.78 is 5.23. The van der Waals surface area contributed by atoms with E-state index in [0.29, 0.717) is 12.6 Å². The molecule has 6 heteroatoms. The van der Waals surface area contributed by atoms with Gasteiger partial charge in [0.2, 0.25) is 5.91 Å². The molecule has 2 fully saturated rings. The highest BCUT2D eigenvalue weighted by Gasteiger charge is 2.30. The zero-order valence-electron chi connectivity index (χ0n) is 15.8. The van der Waals surface area contributed by atoms with Crippen LogP contribution in [0.15, 0.2) is 41.8 Å². The lowest BCUT2D eigenvalue weighted by Gasteiger charge is -2.37. The Bertz CT molecular complexity index is 739. The van der Waals surface area contributed by atoms with E-state index in [9.17, 15) is 4.79 Å². The molecule has 0 saturated carbocycles. The molecule has 3 heterocycles. The van der Waals surface area contributed by atoms with Gasteiger partial charge in [0.05, 0.1) is 13.7 Å². The predicted molar refractivity (Wildman–Crippen MR) is 110 cm³/mol. The second kappa shape index (κ2) is 8.31. The Morgan fingerprint density at radius 2 is 1.89 bits per heavy atom. The van der Waals surface area contributed by atoms with E-state index in [1.165, 1.54) is 23.4 Å². The van der Waals surface area contributed by atoms with Gasteiger partial charge in [-0.05, 0) is 55.1 Å². The average molecular weight is 386 g/mol. The summed E-state index contributed by atoms with van der Waals surface area (Å²) in [5, 5.41) is 2.13. The summed E-state index contributed by atoms with van der Waals surface area (Å²) in [6.07, 6.45) is 2.35. The van der Waals surface area contributed by atoms with Crippen LogP contribution in [-0.2, 0) is 4.79 Å². The summed E-state index contributed by atoms with van der Waals surface area (Å²) in [5.74, 6) is 1.14. The molecule has 2 aliphatic heterocycles. The number of thiophene rings is 1. The van der Waals surface area contributed by atoms with E-state index in [1.807, 2.05) is 17.0 Å². The Labute approximate surface area is 165 Å². The highest BCUT2D eigenvalue weighted by atomic mass is 32.1. The Morgan fingerprint density at radius 1 is 1.11 bits per heavy atom. The van der Waals surface area contributed by atoms with Gasteiger partial charge in [-0.1, -0.05) is 6.07 Å². The van der Waals surface area contributed by atoms with Crippen LogP contribution in [0.3, 0.4) is 0 Å². The molecule has 0 unspecified atom stereocenters. The van der Waals surface area contributed by atoms with E-state index >= 15 is 0 Å². The molecule has 2 aliphatic rings. The number of hydrogen-bond acceptors (Lipinski definition) is 5. The smallest absolute Gasteiger partial charge is 0.236 e. The van der Waals surface area contributed by atoms with Crippen LogP contribution in [0.4, 0.5) is 5.69 Å². The minimum Gasteiger partial charge on any atom is -0.497 e. The number of hydrogen-bond donors (Lipinski definition) is 0. The van der Waals surface area contributed by atoms with Crippen LogP contribution in [0.2, 0.25) is 0 Å². The molecule has 0 aliphatic carbocycles. The third kappa shape index (κ3) is 4.12. The van der Waals surface area contributed by atoms with Crippen molar-refractivity contribution < 1.29 is 9.53 Å². The number of nitrogens with zero attached hydrogens (tertiary/aromatic N) is 3. The van der Waals surface area contributed by atoms with Gasteiger partial charge in [-0.3, -0.25) is 9.69 Å². The Kier molecular flexibility index (Phi) is 5.64. The first-order valence-electron chi connectivity index (χ1n) is 9.69. The SMILES string of the molecule is COc1ccc(N2CCN(C(=O)CN3CCC[C@H]3c3cccs3)CC2)cc1. The Balaban J connectivity index is 1.30. The fourth-order valence-electron chi connectivity index (χ4n) is 4.10. The molecule has 5 nitrogen and oxygen atoms in total. The number of amides is 1. The molecule has 2 aromatic rings. The van der Waals surface area contributed by atoms with Gasteiger partial charge < -0.3 is 14.5 Å². The molecule has 27 heavy (non-hydrogen) atoms. The highest BCUT2D eigenvalue weighted by Crippen LogP contribution is 2.34. The molecular weight excluding hydrogens is 358 g/mol. The molecule has 0 spiro atoms. The van der Waals surface area contributed by atoms with Crippen molar-refractivity contribution in [1.82, 2.24) is 9.80 Å². The second-order valence-corrected chi connectivity index (χ2v) is 8.19. The van der Waals surface area contributed by atoms with E-state index in [-0.39, 0.29) is 5.91 Å². The molecular formula is C21H27N3O2S. The molecule has 144 valence electrons. The van der Waals surface area contributed by atoms with Crippen molar-refractivity contribution in [2.24, 2.45) is 0 Å². The zero-order valence-corrected chi connectivity index (χ0v) is 16.7. The van der Waals surface area contributed by atoms with Crippen molar-refractivity contribution in [2.75, 3.05) is 51.3 Å². The minimum atomic E-state index is 0.271. The summed E-state index contributed by atoms with van der Waals surface area (Å²) in [4.78, 5) is 21.0. The van der Waals surface area contributed by atoms with Gasteiger partial charge in [0.25, 0.3) is 0 Å². The van der Waals surface area contributed by atoms with E-state index in [2.05, 4.69) is 39.4 Å². The molecule has 1 aromatic heterocycles. The van der Waals surface area contributed by atoms with Crippen LogP contribution in [0.5, 0.6) is 5.75 Å². The van der Waals surface area contributed by atoms with Gasteiger partial charge in [-0.25, -0.2) is 0 Å². The van der Waals surface area contributed by atoms with Gasteiger partial charge in [0.15, 0.2) is 0 Å². The lowest BCUT2D eigenvalue weighted by atomic mass is 10.2. The number of anilines is 1. The number of methoxy groups -OCH3 is 1. The molecule has 0 N–H and O–H groups in total. The quantitative estimate of drug-likeness (QED) is 0.792. The third-order valence-electron chi connectivity index (χ3n) is 5.64. The standard InChI is InChI=1S/C21H27N3O2S/c1-26-18-8-6-17(7-9-18)22-11-13-23(14-12-22)21(25)16-24-10-2-4-19(24)20-5-3-15-27-20/h3,5-9,15,19H,2,4,10-14,16H2,1H3/t19-/m0/s1. The Morgan fingerprint density at radius 3 is 2.56 bits per heavy atom. The molecule has 1 atom stereocenters. The van der Waals surface area contributed by atoms with Gasteiger partial charge in [-0.2, -0.15) is 0 Å². The summed E-state index contributed by atoms with van der Waals surface area (Å²) in [7, 11) is 1.68. The normalized spacial score (nSPS) is 20.9. The van der Waals surface area contributed by atoms with Crippen LogP contribution in [0.25, 0.3) is 0 Å². The minimum absolute atomic E-state index is 0.271. The van der Waals surface area contributed by atoms with Gasteiger partial charge in [-0.15, -0.1) is 11.3 Å². The Hall–Kier alpha value is -2.05. The fourth-order valence-corrected chi connectivity index (χ4v) is 4.99. The molecule has 1 aromatic carbocycles. The van der Waals surface area contributed by atoms with Crippen molar-refractivity contribution in [1.29, 1.82) is 0 Å². The second-order valence-electron chi connectivity index (χ2n) is 7.21. The molecule has 4 rings (SSSR count). The zero-order chi connectivity index (χ0) is 18.6. The average Bonchev–Trinajstić information content (AvgIpc) is 3.40. The maximum absolute atomic E-state index is 12.8. The lowest BCUT2D eigenvalue weighted by Crippen LogP contribution is -2.51. The van der Waals surface area contributed by atoms with Crippen molar-refractivity contribution in [3.8, 4) is 5.75 Å². The number of ether oxygens (including phenoxy) is 1. The maximum Gasteiger partial charge on any atom is 0.236 e. The van der Waals surface area contributed by atoms with Gasteiger partial charge in [0.1, 0.15) is 5.75 Å². The van der Waals surface area contributed by atoms with E-state index in [1.54, 1.807) is 18.4 Å². The summed E-state index contributed by atoms with van der Waals surface area (Å²) in [6, 6.07) is 12.9. The number of benzene rings is 1. The number of carbonyl (C=O) groups excluding carboxylic acids is 1. The lowest BCUT2D eigenvalue weighted by molar-refractivity contribution is -0.133. The van der Waals surface area contributed by atoms with Crippen LogP contribution in [-0.4, -0.2) is 62.1 Å². The largest absolute Gasteiger partial charge is 0.497 e. The molecule has 2 saturated heterocycles. The van der Waals surface area contributed by atoms with E-state index in [0.717, 1.165) is 38.5 Å². The first-order chi connectivity index (χ1) is 13.2. The fraction of sp³-hybridized carbons (Fsp3) is 0.476. The number of likely N-dealkylation sites (tertiary alicyclic amines) is 1. The van der Waals surface area contributed by atoms with Crippen LogP contribution < -0.4 is 9.64 Å². The van der Waals surface area contributed by atoms with E-state index < -0.39 is 0 Å². The highest BCUT2D eigenvalue weighted by molar-refractivity contribution is 7.10. The number of piperazine rings is 1. The summed E-state index contributed by atoms with van der Waals surface area (Å²) >= 11 is 1.80. The first-order valence-corrected chi connectivity index (χ1v) is 10.6. The third-order valence-corrected chi connectivity index (χ3v) is 6.62. The topological polar surface area (TPSA) is 36.0 Å². The summed E-state index contributed by atoms with van der Waals surface area (Å²) in [6.45, 7) is 4.93. The van der Waals surface area contributed by atoms with E-state index in [4.69, 9.17) is 4.74 Å². The van der Waals surface area contributed by atoms with Crippen LogP contribution >= 0.6 is 11.3 Å². The van der Waals surface area contributed by atoms with Crippen molar-refractivity contribution in [3.05, 3.63) is 46.7 Å². The predicted octanol–water partition coefficient (Wildman–Crippen LogP) is 3.24.